The zero-order valence-electron chi connectivity index (χ0n) is 18.7. The summed E-state index contributed by atoms with van der Waals surface area (Å²) in [5.41, 5.74) is 3.10. The van der Waals surface area contributed by atoms with Gasteiger partial charge in [0.15, 0.2) is 11.5 Å². The van der Waals surface area contributed by atoms with Crippen LogP contribution < -0.4 is 25.1 Å². The molecule has 2 aromatic heterocycles. The van der Waals surface area contributed by atoms with Crippen molar-refractivity contribution in [3.8, 4) is 28.5 Å². The van der Waals surface area contributed by atoms with Crippen LogP contribution in [0.15, 0.2) is 23.0 Å². The lowest BCUT2D eigenvalue weighted by atomic mass is 10.1. The van der Waals surface area contributed by atoms with Crippen molar-refractivity contribution >= 4 is 11.6 Å². The molecule has 3 aromatic rings. The summed E-state index contributed by atoms with van der Waals surface area (Å²) in [5.74, 6) is 1.40. The van der Waals surface area contributed by atoms with Crippen LogP contribution in [0.25, 0.3) is 16.9 Å². The Hall–Kier alpha value is -3.49. The molecule has 0 unspecified atom stereocenters. The molecule has 0 saturated heterocycles. The number of hydrogen-bond acceptors (Lipinski definition) is 6. The Balaban J connectivity index is 2.12. The van der Waals surface area contributed by atoms with Crippen molar-refractivity contribution in [2.75, 3.05) is 27.9 Å². The number of aryl methyl sites for hydroxylation is 1. The Morgan fingerprint density at radius 3 is 2.29 bits per heavy atom. The van der Waals surface area contributed by atoms with Crippen molar-refractivity contribution in [3.63, 3.8) is 0 Å². The zero-order chi connectivity index (χ0) is 22.7. The van der Waals surface area contributed by atoms with Gasteiger partial charge < -0.3 is 24.1 Å². The van der Waals surface area contributed by atoms with Gasteiger partial charge in [-0.2, -0.15) is 9.61 Å². The van der Waals surface area contributed by atoms with E-state index >= 15 is 0 Å². The molecule has 0 atom stereocenters. The molecule has 1 aromatic carbocycles. The van der Waals surface area contributed by atoms with Crippen LogP contribution >= 0.6 is 0 Å². The van der Waals surface area contributed by atoms with Crippen LogP contribution in [0.3, 0.4) is 0 Å². The second-order valence-electron chi connectivity index (χ2n) is 7.10. The number of carbonyl (C=O) groups is 1. The van der Waals surface area contributed by atoms with Crippen molar-refractivity contribution in [1.29, 1.82) is 0 Å². The van der Waals surface area contributed by atoms with Gasteiger partial charge in [-0.05, 0) is 32.4 Å². The van der Waals surface area contributed by atoms with Crippen molar-refractivity contribution in [2.45, 2.75) is 26.7 Å². The topological polar surface area (TPSA) is 96.1 Å². The summed E-state index contributed by atoms with van der Waals surface area (Å²) in [6.45, 7) is 4.30. The first-order valence-corrected chi connectivity index (χ1v) is 10.0. The first-order chi connectivity index (χ1) is 14.9. The number of ether oxygens (including phenoxy) is 3. The highest BCUT2D eigenvalue weighted by Crippen LogP contribution is 2.41. The summed E-state index contributed by atoms with van der Waals surface area (Å²) in [6, 6.07) is 5.41. The predicted octanol–water partition coefficient (Wildman–Crippen LogP) is 2.10. The van der Waals surface area contributed by atoms with Gasteiger partial charge in [0.05, 0.1) is 27.0 Å². The van der Waals surface area contributed by atoms with E-state index in [0.29, 0.717) is 47.1 Å². The van der Waals surface area contributed by atoms with Gasteiger partial charge in [0, 0.05) is 42.9 Å². The highest BCUT2D eigenvalue weighted by Gasteiger charge is 2.19. The lowest BCUT2D eigenvalue weighted by Gasteiger charge is -2.13. The van der Waals surface area contributed by atoms with E-state index in [1.54, 1.807) is 33.5 Å². The van der Waals surface area contributed by atoms with Crippen molar-refractivity contribution in [3.05, 3.63) is 39.8 Å². The molecule has 3 rings (SSSR count). The standard InChI is InChI=1S/C22H28N4O5/c1-7-23-19(27)9-8-15-13(2)25(3)20-12-16(24-26(20)22(15)28)14-10-17(29-4)21(31-6)18(11-14)30-5/h10-12H,7-9H2,1-6H3,(H,23,27). The summed E-state index contributed by atoms with van der Waals surface area (Å²) in [7, 11) is 6.51. The molecule has 0 radical (unpaired) electrons. The maximum atomic E-state index is 13.1. The Labute approximate surface area is 180 Å². The molecule has 31 heavy (non-hydrogen) atoms. The molecule has 1 amide bonds. The van der Waals surface area contributed by atoms with E-state index in [2.05, 4.69) is 10.4 Å². The van der Waals surface area contributed by atoms with Gasteiger partial charge in [0.25, 0.3) is 5.56 Å². The third-order valence-electron chi connectivity index (χ3n) is 5.36. The molecule has 0 aliphatic heterocycles. The normalized spacial score (nSPS) is 10.9. The number of benzene rings is 1. The lowest BCUT2D eigenvalue weighted by Crippen LogP contribution is -2.27. The lowest BCUT2D eigenvalue weighted by molar-refractivity contribution is -0.120. The molecule has 9 heteroatoms. The maximum Gasteiger partial charge on any atom is 0.277 e. The first-order valence-electron chi connectivity index (χ1n) is 10.0. The molecule has 166 valence electrons. The van der Waals surface area contributed by atoms with Gasteiger partial charge >= 0.3 is 0 Å². The second kappa shape index (κ2) is 9.11. The van der Waals surface area contributed by atoms with Crippen LogP contribution in [0.4, 0.5) is 0 Å². The number of fused-ring (bicyclic) bond motifs is 1. The number of nitrogens with zero attached hydrogens (tertiary/aromatic N) is 3. The fourth-order valence-electron chi connectivity index (χ4n) is 3.60. The highest BCUT2D eigenvalue weighted by atomic mass is 16.5. The minimum absolute atomic E-state index is 0.0809. The van der Waals surface area contributed by atoms with E-state index in [9.17, 15) is 9.59 Å². The zero-order valence-corrected chi connectivity index (χ0v) is 18.7. The third kappa shape index (κ3) is 4.08. The molecular formula is C22H28N4O5. The van der Waals surface area contributed by atoms with Crippen molar-refractivity contribution < 1.29 is 19.0 Å². The smallest absolute Gasteiger partial charge is 0.277 e. The molecule has 0 saturated carbocycles. The van der Waals surface area contributed by atoms with E-state index in [1.165, 1.54) is 4.52 Å². The Morgan fingerprint density at radius 1 is 1.10 bits per heavy atom. The van der Waals surface area contributed by atoms with Gasteiger partial charge in [-0.3, -0.25) is 9.59 Å². The fraction of sp³-hybridized carbons (Fsp3) is 0.409. The molecule has 0 bridgehead atoms. The molecule has 1 N–H and O–H groups in total. The molecular weight excluding hydrogens is 400 g/mol. The average Bonchev–Trinajstić information content (AvgIpc) is 3.22. The van der Waals surface area contributed by atoms with Gasteiger partial charge in [-0.15, -0.1) is 0 Å². The Morgan fingerprint density at radius 2 is 1.74 bits per heavy atom. The molecule has 9 nitrogen and oxygen atoms in total. The number of nitrogens with one attached hydrogen (secondary N) is 1. The molecule has 0 fully saturated rings. The van der Waals surface area contributed by atoms with Gasteiger partial charge in [-0.1, -0.05) is 0 Å². The maximum absolute atomic E-state index is 13.1. The van der Waals surface area contributed by atoms with Gasteiger partial charge in [0.1, 0.15) is 5.65 Å². The summed E-state index contributed by atoms with van der Waals surface area (Å²) in [5, 5.41) is 7.30. The van der Waals surface area contributed by atoms with E-state index in [-0.39, 0.29) is 17.9 Å². The van der Waals surface area contributed by atoms with E-state index in [0.717, 1.165) is 11.3 Å². The largest absolute Gasteiger partial charge is 0.493 e. The van der Waals surface area contributed by atoms with Gasteiger partial charge in [0.2, 0.25) is 11.7 Å². The van der Waals surface area contributed by atoms with Crippen LogP contribution in [0.1, 0.15) is 24.6 Å². The summed E-state index contributed by atoms with van der Waals surface area (Å²) < 4.78 is 19.5. The molecule has 0 aliphatic rings. The SMILES string of the molecule is CCNC(=O)CCc1c(C)n(C)c2cc(-c3cc(OC)c(OC)c(OC)c3)nn2c1=O. The minimum Gasteiger partial charge on any atom is -0.493 e. The number of hydrogen-bond donors (Lipinski definition) is 1. The quantitative estimate of drug-likeness (QED) is 0.590. The fourth-order valence-corrected chi connectivity index (χ4v) is 3.60. The molecule has 2 heterocycles. The van der Waals surface area contributed by atoms with Crippen LogP contribution in [-0.2, 0) is 18.3 Å². The number of carbonyl (C=O) groups excluding carboxylic acids is 1. The molecule has 0 spiro atoms. The Bertz CT molecular complexity index is 1150. The predicted molar refractivity (Wildman–Crippen MR) is 117 cm³/mol. The van der Waals surface area contributed by atoms with Crippen LogP contribution in [0, 0.1) is 6.92 Å². The van der Waals surface area contributed by atoms with Crippen LogP contribution in [-0.4, -0.2) is 48.0 Å². The number of methoxy groups -OCH3 is 3. The van der Waals surface area contributed by atoms with Crippen molar-refractivity contribution in [2.24, 2.45) is 7.05 Å². The van der Waals surface area contributed by atoms with E-state index < -0.39 is 0 Å². The van der Waals surface area contributed by atoms with Gasteiger partial charge in [-0.25, -0.2) is 0 Å². The van der Waals surface area contributed by atoms with E-state index in [4.69, 9.17) is 14.2 Å². The highest BCUT2D eigenvalue weighted by molar-refractivity contribution is 5.76. The third-order valence-corrected chi connectivity index (χ3v) is 5.36. The number of rotatable bonds is 8. The Kier molecular flexibility index (Phi) is 6.53. The first kappa shape index (κ1) is 22.2. The number of aromatic nitrogens is 3. The number of amides is 1. The van der Waals surface area contributed by atoms with E-state index in [1.807, 2.05) is 31.5 Å². The van der Waals surface area contributed by atoms with Crippen LogP contribution in [0.2, 0.25) is 0 Å². The summed E-state index contributed by atoms with van der Waals surface area (Å²) in [6.07, 6.45) is 0.593. The molecule has 0 aliphatic carbocycles. The summed E-state index contributed by atoms with van der Waals surface area (Å²) >= 11 is 0. The average molecular weight is 428 g/mol. The van der Waals surface area contributed by atoms with Crippen molar-refractivity contribution in [1.82, 2.24) is 19.5 Å². The second-order valence-corrected chi connectivity index (χ2v) is 7.10. The summed E-state index contributed by atoms with van der Waals surface area (Å²) in [4.78, 5) is 25.0. The minimum atomic E-state index is -0.228. The van der Waals surface area contributed by atoms with Crippen LogP contribution in [0.5, 0.6) is 17.2 Å². The monoisotopic (exact) mass is 428 g/mol.